The van der Waals surface area contributed by atoms with Gasteiger partial charge in [-0.1, -0.05) is 6.92 Å². The number of hydrogen-bond donors (Lipinski definition) is 0. The molecule has 1 aliphatic heterocycles. The summed E-state index contributed by atoms with van der Waals surface area (Å²) in [6, 6.07) is 1.56. The maximum absolute atomic E-state index is 12.1. The van der Waals surface area contributed by atoms with Crippen LogP contribution in [-0.2, 0) is 4.79 Å². The fourth-order valence-corrected chi connectivity index (χ4v) is 2.26. The number of furan rings is 1. The van der Waals surface area contributed by atoms with E-state index in [2.05, 4.69) is 0 Å². The molecule has 0 saturated carbocycles. The molecule has 0 bridgehead atoms. The standard InChI is InChI=1S/C12H14ClNO3/c1-2-8-7-14(5-3-10(8)15)12(16)9-4-6-17-11(9)13/h4,6,8H,2-3,5,7H2,1H3. The van der Waals surface area contributed by atoms with Gasteiger partial charge in [0.05, 0.1) is 11.8 Å². The van der Waals surface area contributed by atoms with Gasteiger partial charge in [-0.3, -0.25) is 9.59 Å². The number of Topliss-reactive ketones (excluding diaryl/α,β-unsaturated/α-hetero) is 1. The van der Waals surface area contributed by atoms with E-state index in [1.54, 1.807) is 11.0 Å². The summed E-state index contributed by atoms with van der Waals surface area (Å²) in [5.74, 6) is 0.0444. The molecule has 1 amide bonds. The van der Waals surface area contributed by atoms with Gasteiger partial charge in [-0.2, -0.15) is 0 Å². The fraction of sp³-hybridized carbons (Fsp3) is 0.500. The van der Waals surface area contributed by atoms with Crippen molar-refractivity contribution in [1.29, 1.82) is 0 Å². The van der Waals surface area contributed by atoms with E-state index in [9.17, 15) is 9.59 Å². The lowest BCUT2D eigenvalue weighted by atomic mass is 9.94. The van der Waals surface area contributed by atoms with E-state index >= 15 is 0 Å². The third kappa shape index (κ3) is 2.36. The maximum Gasteiger partial charge on any atom is 0.258 e. The van der Waals surface area contributed by atoms with Gasteiger partial charge < -0.3 is 9.32 Å². The Hall–Kier alpha value is -1.29. The van der Waals surface area contributed by atoms with E-state index in [1.807, 2.05) is 6.92 Å². The SMILES string of the molecule is CCC1CN(C(=O)c2ccoc2Cl)CCC1=O. The number of amides is 1. The Bertz CT molecular complexity index is 441. The van der Waals surface area contributed by atoms with Crippen LogP contribution in [0.25, 0.3) is 0 Å². The molecular weight excluding hydrogens is 242 g/mol. The van der Waals surface area contributed by atoms with Crippen molar-refractivity contribution in [2.75, 3.05) is 13.1 Å². The molecule has 0 radical (unpaired) electrons. The van der Waals surface area contributed by atoms with Crippen LogP contribution in [0.3, 0.4) is 0 Å². The van der Waals surface area contributed by atoms with E-state index in [4.69, 9.17) is 16.0 Å². The number of piperidine rings is 1. The number of ketones is 1. The second kappa shape index (κ2) is 4.92. The highest BCUT2D eigenvalue weighted by Gasteiger charge is 2.30. The van der Waals surface area contributed by atoms with Gasteiger partial charge in [0.1, 0.15) is 5.78 Å². The van der Waals surface area contributed by atoms with Gasteiger partial charge in [-0.15, -0.1) is 0 Å². The van der Waals surface area contributed by atoms with Crippen molar-refractivity contribution in [1.82, 2.24) is 4.90 Å². The molecule has 1 atom stereocenters. The fourth-order valence-electron chi connectivity index (χ4n) is 2.07. The molecule has 0 spiro atoms. The third-order valence-electron chi connectivity index (χ3n) is 3.15. The Morgan fingerprint density at radius 3 is 3.00 bits per heavy atom. The summed E-state index contributed by atoms with van der Waals surface area (Å²) in [6.07, 6.45) is 2.59. The van der Waals surface area contributed by atoms with Crippen LogP contribution >= 0.6 is 11.6 Å². The molecule has 4 nitrogen and oxygen atoms in total. The molecule has 2 heterocycles. The molecule has 92 valence electrons. The van der Waals surface area contributed by atoms with E-state index < -0.39 is 0 Å². The average Bonchev–Trinajstić information content (AvgIpc) is 2.75. The van der Waals surface area contributed by atoms with E-state index in [0.717, 1.165) is 6.42 Å². The summed E-state index contributed by atoms with van der Waals surface area (Å²) < 4.78 is 4.90. The van der Waals surface area contributed by atoms with Crippen molar-refractivity contribution in [2.45, 2.75) is 19.8 Å². The third-order valence-corrected chi connectivity index (χ3v) is 3.45. The Morgan fingerprint density at radius 2 is 2.41 bits per heavy atom. The number of carbonyl (C=O) groups is 2. The number of nitrogens with zero attached hydrogens (tertiary/aromatic N) is 1. The summed E-state index contributed by atoms with van der Waals surface area (Å²) >= 11 is 5.77. The highest BCUT2D eigenvalue weighted by Crippen LogP contribution is 2.22. The first-order valence-electron chi connectivity index (χ1n) is 5.68. The Balaban J connectivity index is 2.11. The van der Waals surface area contributed by atoms with Crippen molar-refractivity contribution in [2.24, 2.45) is 5.92 Å². The lowest BCUT2D eigenvalue weighted by Crippen LogP contribution is -2.43. The van der Waals surface area contributed by atoms with Crippen molar-refractivity contribution in [3.63, 3.8) is 0 Å². The minimum Gasteiger partial charge on any atom is -0.452 e. The molecule has 2 rings (SSSR count). The van der Waals surface area contributed by atoms with Gasteiger partial charge in [0.15, 0.2) is 0 Å². The highest BCUT2D eigenvalue weighted by molar-refractivity contribution is 6.32. The van der Waals surface area contributed by atoms with Crippen molar-refractivity contribution in [3.8, 4) is 0 Å². The van der Waals surface area contributed by atoms with Crippen molar-refractivity contribution < 1.29 is 14.0 Å². The molecule has 1 saturated heterocycles. The van der Waals surface area contributed by atoms with Crippen LogP contribution in [0, 0.1) is 5.92 Å². The first kappa shape index (κ1) is 12.2. The van der Waals surface area contributed by atoms with Gasteiger partial charge in [-0.05, 0) is 24.1 Å². The molecular formula is C12H14ClNO3. The zero-order valence-corrected chi connectivity index (χ0v) is 10.4. The van der Waals surface area contributed by atoms with Crippen LogP contribution in [0.1, 0.15) is 30.1 Å². The monoisotopic (exact) mass is 255 g/mol. The molecule has 5 heteroatoms. The molecule has 1 fully saturated rings. The summed E-state index contributed by atoms with van der Waals surface area (Å²) in [5, 5.41) is 0.111. The van der Waals surface area contributed by atoms with Crippen LogP contribution in [-0.4, -0.2) is 29.7 Å². The van der Waals surface area contributed by atoms with Crippen molar-refractivity contribution in [3.05, 3.63) is 23.1 Å². The van der Waals surface area contributed by atoms with Gasteiger partial charge in [0.2, 0.25) is 5.22 Å². The molecule has 0 N–H and O–H groups in total. The number of carbonyl (C=O) groups excluding carboxylic acids is 2. The Kier molecular flexibility index (Phi) is 3.52. The molecule has 1 unspecified atom stereocenters. The molecule has 0 aliphatic carbocycles. The minimum absolute atomic E-state index is 0.0432. The second-order valence-electron chi connectivity index (χ2n) is 4.18. The average molecular weight is 256 g/mol. The van der Waals surface area contributed by atoms with Gasteiger partial charge >= 0.3 is 0 Å². The van der Waals surface area contributed by atoms with Gasteiger partial charge in [-0.25, -0.2) is 0 Å². The highest BCUT2D eigenvalue weighted by atomic mass is 35.5. The largest absolute Gasteiger partial charge is 0.452 e. The number of likely N-dealkylation sites (tertiary alicyclic amines) is 1. The first-order chi connectivity index (χ1) is 8.13. The van der Waals surface area contributed by atoms with Crippen molar-refractivity contribution >= 4 is 23.3 Å². The summed E-state index contributed by atoms with van der Waals surface area (Å²) in [4.78, 5) is 25.4. The Labute approximate surface area is 105 Å². The molecule has 0 aromatic carbocycles. The Morgan fingerprint density at radius 1 is 1.65 bits per heavy atom. The molecule has 17 heavy (non-hydrogen) atoms. The predicted molar refractivity (Wildman–Crippen MR) is 63.0 cm³/mol. The maximum atomic E-state index is 12.1. The van der Waals surface area contributed by atoms with Crippen LogP contribution in [0.15, 0.2) is 16.7 Å². The zero-order chi connectivity index (χ0) is 12.4. The first-order valence-corrected chi connectivity index (χ1v) is 6.06. The van der Waals surface area contributed by atoms with Gasteiger partial charge in [0.25, 0.3) is 5.91 Å². The summed E-state index contributed by atoms with van der Waals surface area (Å²) in [7, 11) is 0. The number of rotatable bonds is 2. The lowest BCUT2D eigenvalue weighted by Gasteiger charge is -2.31. The number of halogens is 1. The van der Waals surface area contributed by atoms with E-state index in [-0.39, 0.29) is 22.8 Å². The van der Waals surface area contributed by atoms with Gasteiger partial charge in [0, 0.05) is 25.4 Å². The van der Waals surface area contributed by atoms with Crippen LogP contribution in [0.4, 0.5) is 0 Å². The van der Waals surface area contributed by atoms with Crippen LogP contribution in [0.2, 0.25) is 5.22 Å². The van der Waals surface area contributed by atoms with Crippen LogP contribution in [0.5, 0.6) is 0 Å². The zero-order valence-electron chi connectivity index (χ0n) is 9.61. The smallest absolute Gasteiger partial charge is 0.258 e. The van der Waals surface area contributed by atoms with E-state index in [0.29, 0.717) is 25.1 Å². The quantitative estimate of drug-likeness (QED) is 0.815. The minimum atomic E-state index is -0.158. The predicted octanol–water partition coefficient (Wildman–Crippen LogP) is 2.37. The summed E-state index contributed by atoms with van der Waals surface area (Å²) in [6.45, 7) is 2.91. The second-order valence-corrected chi connectivity index (χ2v) is 4.52. The molecule has 1 aromatic rings. The topological polar surface area (TPSA) is 50.5 Å². The molecule has 1 aliphatic rings. The molecule has 1 aromatic heterocycles. The van der Waals surface area contributed by atoms with Crippen LogP contribution < -0.4 is 0 Å². The lowest BCUT2D eigenvalue weighted by molar-refractivity contribution is -0.125. The summed E-state index contributed by atoms with van der Waals surface area (Å²) in [5.41, 5.74) is 0.371. The van der Waals surface area contributed by atoms with E-state index in [1.165, 1.54) is 6.26 Å². The number of hydrogen-bond acceptors (Lipinski definition) is 3. The normalized spacial score (nSPS) is 20.7.